The molecule has 0 atom stereocenters. The lowest BCUT2D eigenvalue weighted by atomic mass is 10.3. The van der Waals surface area contributed by atoms with Gasteiger partial charge in [0.1, 0.15) is 0 Å². The number of halogens is 2. The fourth-order valence-electron chi connectivity index (χ4n) is 1.47. The highest BCUT2D eigenvalue weighted by atomic mass is 79.9. The number of hydrogen-bond donors (Lipinski definition) is 2. The summed E-state index contributed by atoms with van der Waals surface area (Å²) in [7, 11) is -3.87. The van der Waals surface area contributed by atoms with Crippen molar-refractivity contribution in [2.24, 2.45) is 0 Å². The molecular formula is C12H8BrClN2O4S. The molecule has 2 rings (SSSR count). The number of sulfonamides is 1. The maximum Gasteiger partial charge on any atom is 0.337 e. The Morgan fingerprint density at radius 1 is 1.29 bits per heavy atom. The standard InChI is InChI=1S/C12H8BrClN2O4S/c13-10-4-9(1-2-11(10)14)21(19,20)16-8-3-7(12(17)18)5-15-6-8/h1-6,16H,(H,17,18). The van der Waals surface area contributed by atoms with Gasteiger partial charge in [-0.1, -0.05) is 11.6 Å². The average Bonchev–Trinajstić information content (AvgIpc) is 2.41. The number of benzene rings is 1. The van der Waals surface area contributed by atoms with Gasteiger partial charge in [-0.25, -0.2) is 13.2 Å². The Morgan fingerprint density at radius 2 is 2.00 bits per heavy atom. The first-order chi connectivity index (χ1) is 9.79. The van der Waals surface area contributed by atoms with Crippen LogP contribution in [0.4, 0.5) is 5.69 Å². The highest BCUT2D eigenvalue weighted by Gasteiger charge is 2.16. The van der Waals surface area contributed by atoms with Crippen molar-refractivity contribution in [1.29, 1.82) is 0 Å². The van der Waals surface area contributed by atoms with Crippen LogP contribution in [0.25, 0.3) is 0 Å². The van der Waals surface area contributed by atoms with E-state index in [9.17, 15) is 13.2 Å². The molecule has 0 saturated carbocycles. The van der Waals surface area contributed by atoms with Gasteiger partial charge in [0, 0.05) is 10.7 Å². The van der Waals surface area contributed by atoms with Crippen molar-refractivity contribution in [1.82, 2.24) is 4.98 Å². The summed E-state index contributed by atoms with van der Waals surface area (Å²) < 4.78 is 27.1. The molecule has 0 aliphatic carbocycles. The Hall–Kier alpha value is -1.64. The molecule has 9 heteroatoms. The Balaban J connectivity index is 2.35. The molecule has 0 spiro atoms. The van der Waals surface area contributed by atoms with Gasteiger partial charge in [-0.3, -0.25) is 9.71 Å². The largest absolute Gasteiger partial charge is 0.478 e. The molecule has 2 N–H and O–H groups in total. The molecule has 0 unspecified atom stereocenters. The molecule has 2 aromatic rings. The molecule has 21 heavy (non-hydrogen) atoms. The molecule has 0 fully saturated rings. The summed E-state index contributed by atoms with van der Waals surface area (Å²) in [6.07, 6.45) is 2.34. The van der Waals surface area contributed by atoms with Crippen LogP contribution in [0.15, 0.2) is 46.0 Å². The van der Waals surface area contributed by atoms with Crippen LogP contribution in [0.2, 0.25) is 5.02 Å². The van der Waals surface area contributed by atoms with E-state index in [1.54, 1.807) is 0 Å². The predicted octanol–water partition coefficient (Wildman–Crippen LogP) is 3.00. The zero-order valence-electron chi connectivity index (χ0n) is 10.2. The highest BCUT2D eigenvalue weighted by Crippen LogP contribution is 2.26. The number of nitrogens with one attached hydrogen (secondary N) is 1. The SMILES string of the molecule is O=C(O)c1cncc(NS(=O)(=O)c2ccc(Cl)c(Br)c2)c1. The van der Waals surface area contributed by atoms with E-state index >= 15 is 0 Å². The van der Waals surface area contributed by atoms with Gasteiger partial charge in [0.2, 0.25) is 0 Å². The van der Waals surface area contributed by atoms with Crippen LogP contribution in [0, 0.1) is 0 Å². The van der Waals surface area contributed by atoms with Gasteiger partial charge in [0.15, 0.2) is 0 Å². The lowest BCUT2D eigenvalue weighted by Gasteiger charge is -2.09. The number of carboxylic acids is 1. The molecule has 1 heterocycles. The second-order valence-electron chi connectivity index (χ2n) is 3.95. The van der Waals surface area contributed by atoms with E-state index in [0.29, 0.717) is 9.50 Å². The van der Waals surface area contributed by atoms with Crippen LogP contribution in [-0.2, 0) is 10.0 Å². The van der Waals surface area contributed by atoms with E-state index in [2.05, 4.69) is 25.6 Å². The minimum Gasteiger partial charge on any atom is -0.478 e. The Bertz CT molecular complexity index is 811. The fraction of sp³-hybridized carbons (Fsp3) is 0. The van der Waals surface area contributed by atoms with Crippen molar-refractivity contribution in [2.75, 3.05) is 4.72 Å². The number of aromatic carboxylic acids is 1. The fourth-order valence-corrected chi connectivity index (χ4v) is 3.18. The number of nitrogens with zero attached hydrogens (tertiary/aromatic N) is 1. The predicted molar refractivity (Wildman–Crippen MR) is 81.2 cm³/mol. The summed E-state index contributed by atoms with van der Waals surface area (Å²) in [5.74, 6) is -1.20. The summed E-state index contributed by atoms with van der Waals surface area (Å²) in [6.45, 7) is 0. The quantitative estimate of drug-likeness (QED) is 0.835. The Kier molecular flexibility index (Phi) is 4.50. The molecule has 0 amide bonds. The topological polar surface area (TPSA) is 96.4 Å². The van der Waals surface area contributed by atoms with Crippen molar-refractivity contribution < 1.29 is 18.3 Å². The van der Waals surface area contributed by atoms with Gasteiger partial charge in [-0.2, -0.15) is 0 Å². The molecule has 110 valence electrons. The van der Waals surface area contributed by atoms with Gasteiger partial charge >= 0.3 is 5.97 Å². The molecule has 1 aromatic heterocycles. The van der Waals surface area contributed by atoms with Crippen LogP contribution < -0.4 is 4.72 Å². The lowest BCUT2D eigenvalue weighted by molar-refractivity contribution is 0.0696. The molecule has 0 bridgehead atoms. The van der Waals surface area contributed by atoms with Gasteiger partial charge in [-0.05, 0) is 40.2 Å². The second-order valence-corrected chi connectivity index (χ2v) is 6.89. The van der Waals surface area contributed by atoms with E-state index in [0.717, 1.165) is 6.20 Å². The van der Waals surface area contributed by atoms with Gasteiger partial charge in [0.05, 0.1) is 27.4 Å². The first-order valence-corrected chi connectivity index (χ1v) is 8.11. The summed E-state index contributed by atoms with van der Waals surface area (Å²) >= 11 is 8.95. The zero-order chi connectivity index (χ0) is 15.6. The van der Waals surface area contributed by atoms with E-state index < -0.39 is 16.0 Å². The minimum atomic E-state index is -3.87. The van der Waals surface area contributed by atoms with Crippen molar-refractivity contribution >= 4 is 49.2 Å². The molecule has 0 radical (unpaired) electrons. The summed E-state index contributed by atoms with van der Waals surface area (Å²) in [4.78, 5) is 14.5. The highest BCUT2D eigenvalue weighted by molar-refractivity contribution is 9.10. The van der Waals surface area contributed by atoms with Crippen LogP contribution in [0.3, 0.4) is 0 Å². The van der Waals surface area contributed by atoms with Crippen molar-refractivity contribution in [3.8, 4) is 0 Å². The number of rotatable bonds is 4. The van der Waals surface area contributed by atoms with E-state index in [1.807, 2.05) is 0 Å². The third kappa shape index (κ3) is 3.72. The third-order valence-electron chi connectivity index (χ3n) is 2.44. The number of hydrogen-bond acceptors (Lipinski definition) is 4. The van der Waals surface area contributed by atoms with Crippen LogP contribution in [-0.4, -0.2) is 24.5 Å². The van der Waals surface area contributed by atoms with Crippen molar-refractivity contribution in [2.45, 2.75) is 4.90 Å². The van der Waals surface area contributed by atoms with E-state index in [-0.39, 0.29) is 16.1 Å². The number of pyridine rings is 1. The second kappa shape index (κ2) is 6.00. The van der Waals surface area contributed by atoms with Gasteiger partial charge in [0.25, 0.3) is 10.0 Å². The van der Waals surface area contributed by atoms with Crippen LogP contribution in [0.1, 0.15) is 10.4 Å². The van der Waals surface area contributed by atoms with Crippen LogP contribution >= 0.6 is 27.5 Å². The summed E-state index contributed by atoms with van der Waals surface area (Å²) in [5, 5.41) is 9.23. The Morgan fingerprint density at radius 3 is 2.62 bits per heavy atom. The first-order valence-electron chi connectivity index (χ1n) is 5.46. The minimum absolute atomic E-state index is 0.0143. The van der Waals surface area contributed by atoms with E-state index in [1.165, 1.54) is 30.5 Å². The number of carbonyl (C=O) groups is 1. The molecule has 6 nitrogen and oxygen atoms in total. The van der Waals surface area contributed by atoms with Gasteiger partial charge in [-0.15, -0.1) is 0 Å². The van der Waals surface area contributed by atoms with Gasteiger partial charge < -0.3 is 5.11 Å². The molecule has 1 aromatic carbocycles. The van der Waals surface area contributed by atoms with Crippen molar-refractivity contribution in [3.63, 3.8) is 0 Å². The maximum absolute atomic E-state index is 12.2. The molecule has 0 aliphatic heterocycles. The summed E-state index contributed by atoms with van der Waals surface area (Å²) in [6, 6.07) is 5.30. The molecular weight excluding hydrogens is 384 g/mol. The third-order valence-corrected chi connectivity index (χ3v) is 5.03. The number of anilines is 1. The zero-order valence-corrected chi connectivity index (χ0v) is 13.4. The van der Waals surface area contributed by atoms with Crippen molar-refractivity contribution in [3.05, 3.63) is 51.7 Å². The Labute approximate surface area is 134 Å². The normalized spacial score (nSPS) is 11.1. The average molecular weight is 392 g/mol. The van der Waals surface area contributed by atoms with E-state index in [4.69, 9.17) is 16.7 Å². The van der Waals surface area contributed by atoms with Crippen LogP contribution in [0.5, 0.6) is 0 Å². The lowest BCUT2D eigenvalue weighted by Crippen LogP contribution is -2.13. The first kappa shape index (κ1) is 15.7. The summed E-state index contributed by atoms with van der Waals surface area (Å²) in [5.41, 5.74) is -0.0616. The smallest absolute Gasteiger partial charge is 0.337 e. The number of aromatic nitrogens is 1. The monoisotopic (exact) mass is 390 g/mol. The number of carboxylic acid groups (broad SMARTS) is 1. The molecule has 0 saturated heterocycles. The molecule has 0 aliphatic rings. The maximum atomic E-state index is 12.2.